The van der Waals surface area contributed by atoms with Crippen LogP contribution in [-0.4, -0.2) is 65.8 Å². The predicted octanol–water partition coefficient (Wildman–Crippen LogP) is 0.704. The predicted molar refractivity (Wildman–Crippen MR) is 91.5 cm³/mol. The third-order valence-corrected chi connectivity index (χ3v) is 7.23. The monoisotopic (exact) mass is 377 g/mol. The van der Waals surface area contributed by atoms with Crippen molar-refractivity contribution in [2.24, 2.45) is 0 Å². The normalized spacial score (nSPS) is 20.2. The smallest absolute Gasteiger partial charge is 0.301 e. The summed E-state index contributed by atoms with van der Waals surface area (Å²) in [6.45, 7) is 0.783. The van der Waals surface area contributed by atoms with Gasteiger partial charge in [-0.15, -0.1) is 0 Å². The number of methoxy groups -OCH3 is 1. The van der Waals surface area contributed by atoms with Crippen LogP contribution in [0.1, 0.15) is 12.8 Å². The molecule has 1 aliphatic heterocycles. The Hall–Kier alpha value is -1.20. The number of nitrogens with zero attached hydrogens (tertiary/aromatic N) is 2. The van der Waals surface area contributed by atoms with Gasteiger partial charge in [0, 0.05) is 40.0 Å². The molecular formula is C14H23N3O5S2. The van der Waals surface area contributed by atoms with E-state index in [2.05, 4.69) is 4.72 Å². The van der Waals surface area contributed by atoms with Crippen molar-refractivity contribution >= 4 is 25.9 Å². The van der Waals surface area contributed by atoms with Crippen molar-refractivity contribution in [1.29, 1.82) is 0 Å². The molecule has 1 heterocycles. The number of hydrogen-bond donors (Lipinski definition) is 1. The molecule has 0 radical (unpaired) electrons. The van der Waals surface area contributed by atoms with E-state index in [0.29, 0.717) is 18.8 Å². The van der Waals surface area contributed by atoms with Gasteiger partial charge in [0.1, 0.15) is 0 Å². The standard InChI is InChI=1S/C14H23N3O5S2/c1-16(2)24(20,21)15-12-6-8-14(9-7-12)23(18,19)17-10-4-5-13(11-17)22-3/h6-9,13,15H,4-5,10-11H2,1-3H3. The third kappa shape index (κ3) is 4.25. The van der Waals surface area contributed by atoms with Gasteiger partial charge < -0.3 is 4.74 Å². The van der Waals surface area contributed by atoms with Crippen LogP contribution in [0.25, 0.3) is 0 Å². The van der Waals surface area contributed by atoms with Crippen molar-refractivity contribution in [3.8, 4) is 0 Å². The van der Waals surface area contributed by atoms with Crippen molar-refractivity contribution in [2.45, 2.75) is 23.8 Å². The second-order valence-electron chi connectivity index (χ2n) is 5.78. The van der Waals surface area contributed by atoms with Crippen LogP contribution in [0.5, 0.6) is 0 Å². The molecule has 1 N–H and O–H groups in total. The van der Waals surface area contributed by atoms with E-state index in [1.54, 1.807) is 7.11 Å². The molecule has 1 aromatic rings. The van der Waals surface area contributed by atoms with Crippen molar-refractivity contribution in [2.75, 3.05) is 39.0 Å². The molecule has 8 nitrogen and oxygen atoms in total. The maximum atomic E-state index is 12.7. The summed E-state index contributed by atoms with van der Waals surface area (Å²) in [5.74, 6) is 0. The van der Waals surface area contributed by atoms with Crippen LogP contribution in [0.4, 0.5) is 5.69 Å². The van der Waals surface area contributed by atoms with Gasteiger partial charge in [0.05, 0.1) is 11.0 Å². The average Bonchev–Trinajstić information content (AvgIpc) is 2.55. The zero-order valence-corrected chi connectivity index (χ0v) is 15.6. The molecule has 1 unspecified atom stereocenters. The fraction of sp³-hybridized carbons (Fsp3) is 0.571. The van der Waals surface area contributed by atoms with Gasteiger partial charge in [-0.3, -0.25) is 4.72 Å². The minimum Gasteiger partial charge on any atom is -0.380 e. The second kappa shape index (κ2) is 7.36. The summed E-state index contributed by atoms with van der Waals surface area (Å²) >= 11 is 0. The SMILES string of the molecule is COC1CCCN(S(=O)(=O)c2ccc(NS(=O)(=O)N(C)C)cc2)C1. The van der Waals surface area contributed by atoms with E-state index in [1.165, 1.54) is 42.7 Å². The molecule has 0 aromatic heterocycles. The lowest BCUT2D eigenvalue weighted by Crippen LogP contribution is -2.42. The molecule has 1 aromatic carbocycles. The highest BCUT2D eigenvalue weighted by Gasteiger charge is 2.30. The van der Waals surface area contributed by atoms with Crippen LogP contribution in [0.2, 0.25) is 0 Å². The molecule has 1 atom stereocenters. The van der Waals surface area contributed by atoms with Gasteiger partial charge in [0.25, 0.3) is 0 Å². The van der Waals surface area contributed by atoms with E-state index in [4.69, 9.17) is 4.74 Å². The van der Waals surface area contributed by atoms with E-state index in [9.17, 15) is 16.8 Å². The summed E-state index contributed by atoms with van der Waals surface area (Å²) in [4.78, 5) is 0.132. The third-order valence-electron chi connectivity index (χ3n) is 3.89. The van der Waals surface area contributed by atoms with Crippen LogP contribution in [0.15, 0.2) is 29.2 Å². The number of rotatable bonds is 6. The Morgan fingerprint density at radius 1 is 1.17 bits per heavy atom. The maximum absolute atomic E-state index is 12.7. The molecule has 0 bridgehead atoms. The topological polar surface area (TPSA) is 96.0 Å². The van der Waals surface area contributed by atoms with Gasteiger partial charge in [-0.1, -0.05) is 0 Å². The Bertz CT molecular complexity index is 760. The van der Waals surface area contributed by atoms with E-state index in [-0.39, 0.29) is 11.0 Å². The first-order valence-electron chi connectivity index (χ1n) is 7.50. The van der Waals surface area contributed by atoms with Crippen LogP contribution >= 0.6 is 0 Å². The van der Waals surface area contributed by atoms with Crippen molar-refractivity contribution in [3.05, 3.63) is 24.3 Å². The number of anilines is 1. The molecule has 24 heavy (non-hydrogen) atoms. The van der Waals surface area contributed by atoms with E-state index >= 15 is 0 Å². The van der Waals surface area contributed by atoms with Gasteiger partial charge in [0.15, 0.2) is 0 Å². The van der Waals surface area contributed by atoms with E-state index in [0.717, 1.165) is 17.1 Å². The molecule has 0 spiro atoms. The summed E-state index contributed by atoms with van der Waals surface area (Å²) in [7, 11) is -2.85. The highest BCUT2D eigenvalue weighted by atomic mass is 32.2. The summed E-state index contributed by atoms with van der Waals surface area (Å²) in [5.41, 5.74) is 0.302. The maximum Gasteiger partial charge on any atom is 0.301 e. The van der Waals surface area contributed by atoms with Gasteiger partial charge >= 0.3 is 10.2 Å². The molecule has 2 rings (SSSR count). The minimum atomic E-state index is -3.62. The fourth-order valence-corrected chi connectivity index (χ4v) is 4.53. The highest BCUT2D eigenvalue weighted by Crippen LogP contribution is 2.23. The van der Waals surface area contributed by atoms with E-state index < -0.39 is 20.2 Å². The van der Waals surface area contributed by atoms with Gasteiger partial charge in [-0.05, 0) is 37.1 Å². The van der Waals surface area contributed by atoms with Crippen LogP contribution in [0, 0.1) is 0 Å². The summed E-state index contributed by atoms with van der Waals surface area (Å²) in [5, 5.41) is 0. The minimum absolute atomic E-state index is 0.0975. The van der Waals surface area contributed by atoms with Gasteiger partial charge in [-0.2, -0.15) is 17.0 Å². The lowest BCUT2D eigenvalue weighted by molar-refractivity contribution is 0.0572. The molecule has 10 heteroatoms. The lowest BCUT2D eigenvalue weighted by atomic mass is 10.1. The zero-order chi connectivity index (χ0) is 18.0. The average molecular weight is 377 g/mol. The largest absolute Gasteiger partial charge is 0.380 e. The molecule has 1 aliphatic rings. The van der Waals surface area contributed by atoms with Crippen LogP contribution < -0.4 is 4.72 Å². The first-order chi connectivity index (χ1) is 11.2. The number of nitrogens with one attached hydrogen (secondary N) is 1. The lowest BCUT2D eigenvalue weighted by Gasteiger charge is -2.31. The highest BCUT2D eigenvalue weighted by molar-refractivity contribution is 7.90. The van der Waals surface area contributed by atoms with Crippen molar-refractivity contribution in [1.82, 2.24) is 8.61 Å². The summed E-state index contributed by atoms with van der Waals surface area (Å²) in [6, 6.07) is 5.68. The number of ether oxygens (including phenoxy) is 1. The number of sulfonamides is 1. The Morgan fingerprint density at radius 2 is 1.79 bits per heavy atom. The second-order valence-corrected chi connectivity index (χ2v) is 9.60. The molecule has 1 saturated heterocycles. The molecule has 0 amide bonds. The Kier molecular flexibility index (Phi) is 5.87. The number of benzene rings is 1. The Labute approximate surface area is 143 Å². The summed E-state index contributed by atoms with van der Waals surface area (Å²) in [6.07, 6.45) is 1.49. The molecular weight excluding hydrogens is 354 g/mol. The summed E-state index contributed by atoms with van der Waals surface area (Å²) < 4.78 is 59.0. The zero-order valence-electron chi connectivity index (χ0n) is 14.0. The van der Waals surface area contributed by atoms with Crippen LogP contribution in [-0.2, 0) is 25.0 Å². The molecule has 136 valence electrons. The fourth-order valence-electron chi connectivity index (χ4n) is 2.40. The van der Waals surface area contributed by atoms with Gasteiger partial charge in [-0.25, -0.2) is 8.42 Å². The van der Waals surface area contributed by atoms with Crippen LogP contribution in [0.3, 0.4) is 0 Å². The first-order valence-corrected chi connectivity index (χ1v) is 10.4. The number of piperidine rings is 1. The van der Waals surface area contributed by atoms with Gasteiger partial charge in [0.2, 0.25) is 10.0 Å². The Balaban J connectivity index is 2.17. The quantitative estimate of drug-likeness (QED) is 0.787. The van der Waals surface area contributed by atoms with Crippen molar-refractivity contribution < 1.29 is 21.6 Å². The first kappa shape index (κ1) is 19.1. The number of hydrogen-bond acceptors (Lipinski definition) is 5. The molecule has 0 aliphatic carbocycles. The molecule has 0 saturated carbocycles. The molecule has 1 fully saturated rings. The van der Waals surface area contributed by atoms with Crippen molar-refractivity contribution in [3.63, 3.8) is 0 Å². The van der Waals surface area contributed by atoms with E-state index in [1.807, 2.05) is 0 Å². The Morgan fingerprint density at radius 3 is 2.33 bits per heavy atom.